The molecule has 1 aromatic carbocycles. The second-order valence-electron chi connectivity index (χ2n) is 3.91. The molecule has 0 heterocycles. The molecular weight excluding hydrogens is 256 g/mol. The molecule has 0 saturated heterocycles. The van der Waals surface area contributed by atoms with E-state index in [0.29, 0.717) is 11.6 Å². The van der Waals surface area contributed by atoms with Crippen LogP contribution < -0.4 is 11.1 Å². The number of aliphatic hydroxyl groups excluding tert-OH is 1. The third-order valence-corrected chi connectivity index (χ3v) is 2.85. The highest BCUT2D eigenvalue weighted by Crippen LogP contribution is 2.24. The average molecular weight is 273 g/mol. The van der Waals surface area contributed by atoms with Gasteiger partial charge in [0.1, 0.15) is 0 Å². The lowest BCUT2D eigenvalue weighted by Gasteiger charge is -2.22. The Morgan fingerprint density at radius 2 is 2.13 bits per heavy atom. The van der Waals surface area contributed by atoms with Gasteiger partial charge < -0.3 is 16.2 Å². The first-order valence-electron chi connectivity index (χ1n) is 4.97. The number of hydrogen-bond donors (Lipinski definition) is 3. The number of anilines is 2. The first-order valence-corrected chi connectivity index (χ1v) is 5.76. The average Bonchev–Trinajstić information content (AvgIpc) is 2.18. The Hall–Kier alpha value is -0.740. The van der Waals surface area contributed by atoms with E-state index in [2.05, 4.69) is 35.1 Å². The Bertz CT molecular complexity index is 328. The molecule has 0 aliphatic rings. The Morgan fingerprint density at radius 1 is 1.47 bits per heavy atom. The lowest BCUT2D eigenvalue weighted by Crippen LogP contribution is -2.29. The van der Waals surface area contributed by atoms with Gasteiger partial charge in [0, 0.05) is 4.47 Å². The number of nitrogen functional groups attached to an aromatic ring is 1. The van der Waals surface area contributed by atoms with Crippen LogP contribution in [0.5, 0.6) is 0 Å². The van der Waals surface area contributed by atoms with Crippen molar-refractivity contribution in [2.75, 3.05) is 17.7 Å². The highest BCUT2D eigenvalue weighted by molar-refractivity contribution is 9.10. The summed E-state index contributed by atoms with van der Waals surface area (Å²) < 4.78 is 0.972. The third-order valence-electron chi connectivity index (χ3n) is 2.36. The van der Waals surface area contributed by atoms with E-state index in [1.807, 2.05) is 18.2 Å². The topological polar surface area (TPSA) is 58.3 Å². The molecule has 0 aliphatic heterocycles. The number of rotatable bonds is 4. The van der Waals surface area contributed by atoms with E-state index in [1.54, 1.807) is 0 Å². The highest BCUT2D eigenvalue weighted by Gasteiger charge is 2.12. The van der Waals surface area contributed by atoms with Crippen LogP contribution in [0.15, 0.2) is 22.7 Å². The number of hydrogen-bond acceptors (Lipinski definition) is 3. The Morgan fingerprint density at radius 3 is 2.67 bits per heavy atom. The monoisotopic (exact) mass is 272 g/mol. The normalized spacial score (nSPS) is 12.9. The minimum atomic E-state index is 0.0293. The molecule has 0 amide bonds. The van der Waals surface area contributed by atoms with Crippen LogP contribution >= 0.6 is 15.9 Å². The standard InChI is InChI=1S/C11H17BrN2O/c1-7(2)11(6-15)14-10-5-8(12)3-4-9(10)13/h3-5,7,11,14-15H,6,13H2,1-2H3/t11-/m1/s1. The van der Waals surface area contributed by atoms with Gasteiger partial charge in [-0.3, -0.25) is 0 Å². The Kier molecular flexibility index (Phi) is 4.42. The van der Waals surface area contributed by atoms with Gasteiger partial charge >= 0.3 is 0 Å². The summed E-state index contributed by atoms with van der Waals surface area (Å²) in [6, 6.07) is 5.67. The van der Waals surface area contributed by atoms with Crippen LogP contribution in [-0.4, -0.2) is 17.8 Å². The summed E-state index contributed by atoms with van der Waals surface area (Å²) in [6.45, 7) is 4.22. The van der Waals surface area contributed by atoms with Crippen molar-refractivity contribution in [2.45, 2.75) is 19.9 Å². The number of nitrogens with two attached hydrogens (primary N) is 1. The van der Waals surface area contributed by atoms with Gasteiger partial charge in [0.25, 0.3) is 0 Å². The van der Waals surface area contributed by atoms with E-state index in [1.165, 1.54) is 0 Å². The van der Waals surface area contributed by atoms with Crippen molar-refractivity contribution >= 4 is 27.3 Å². The van der Waals surface area contributed by atoms with Crippen LogP contribution in [0.3, 0.4) is 0 Å². The predicted octanol–water partition coefficient (Wildman–Crippen LogP) is 2.46. The summed E-state index contributed by atoms with van der Waals surface area (Å²) in [5.74, 6) is 0.355. The molecule has 3 nitrogen and oxygen atoms in total. The van der Waals surface area contributed by atoms with Crippen LogP contribution in [0.25, 0.3) is 0 Å². The molecule has 0 bridgehead atoms. The summed E-state index contributed by atoms with van der Waals surface area (Å²) >= 11 is 3.39. The highest BCUT2D eigenvalue weighted by atomic mass is 79.9. The quantitative estimate of drug-likeness (QED) is 0.738. The van der Waals surface area contributed by atoms with E-state index < -0.39 is 0 Å². The summed E-state index contributed by atoms with van der Waals surface area (Å²) in [6.07, 6.45) is 0. The number of nitrogens with one attached hydrogen (secondary N) is 1. The summed E-state index contributed by atoms with van der Waals surface area (Å²) in [7, 11) is 0. The molecular formula is C11H17BrN2O. The smallest absolute Gasteiger partial charge is 0.0635 e. The molecule has 1 rings (SSSR count). The van der Waals surface area contributed by atoms with Crippen molar-refractivity contribution in [3.8, 4) is 0 Å². The molecule has 4 heteroatoms. The lowest BCUT2D eigenvalue weighted by molar-refractivity contribution is 0.249. The molecule has 0 aromatic heterocycles. The molecule has 0 fully saturated rings. The fraction of sp³-hybridized carbons (Fsp3) is 0.455. The van der Waals surface area contributed by atoms with E-state index in [-0.39, 0.29) is 12.6 Å². The maximum absolute atomic E-state index is 9.20. The molecule has 1 aromatic rings. The molecule has 0 aliphatic carbocycles. The van der Waals surface area contributed by atoms with E-state index in [4.69, 9.17) is 5.73 Å². The Labute approximate surface area is 98.8 Å². The number of benzene rings is 1. The third kappa shape index (κ3) is 3.39. The SMILES string of the molecule is CC(C)[C@@H](CO)Nc1cc(Br)ccc1N. The van der Waals surface area contributed by atoms with Crippen LogP contribution in [0.4, 0.5) is 11.4 Å². The zero-order valence-corrected chi connectivity index (χ0v) is 10.6. The molecule has 0 saturated carbocycles. The molecule has 0 spiro atoms. The van der Waals surface area contributed by atoms with E-state index in [0.717, 1.165) is 10.2 Å². The van der Waals surface area contributed by atoms with Gasteiger partial charge in [0.15, 0.2) is 0 Å². The van der Waals surface area contributed by atoms with E-state index in [9.17, 15) is 5.11 Å². The van der Waals surface area contributed by atoms with Crippen LogP contribution in [0.2, 0.25) is 0 Å². The van der Waals surface area contributed by atoms with Gasteiger partial charge in [-0.1, -0.05) is 29.8 Å². The van der Waals surface area contributed by atoms with Gasteiger partial charge in [-0.15, -0.1) is 0 Å². The van der Waals surface area contributed by atoms with Crippen molar-refractivity contribution in [1.82, 2.24) is 0 Å². The predicted molar refractivity (Wildman–Crippen MR) is 67.9 cm³/mol. The molecule has 15 heavy (non-hydrogen) atoms. The van der Waals surface area contributed by atoms with Gasteiger partial charge in [-0.2, -0.15) is 0 Å². The fourth-order valence-corrected chi connectivity index (χ4v) is 1.64. The second-order valence-corrected chi connectivity index (χ2v) is 4.82. The van der Waals surface area contributed by atoms with E-state index >= 15 is 0 Å². The Balaban J connectivity index is 2.82. The number of halogens is 1. The molecule has 0 unspecified atom stereocenters. The van der Waals surface area contributed by atoms with Gasteiger partial charge in [0.2, 0.25) is 0 Å². The summed E-state index contributed by atoms with van der Waals surface area (Å²) in [5.41, 5.74) is 7.38. The van der Waals surface area contributed by atoms with Gasteiger partial charge in [0.05, 0.1) is 24.0 Å². The zero-order chi connectivity index (χ0) is 11.4. The minimum Gasteiger partial charge on any atom is -0.397 e. The zero-order valence-electron chi connectivity index (χ0n) is 9.00. The van der Waals surface area contributed by atoms with Crippen LogP contribution in [0.1, 0.15) is 13.8 Å². The lowest BCUT2D eigenvalue weighted by atomic mass is 10.0. The van der Waals surface area contributed by atoms with Crippen molar-refractivity contribution < 1.29 is 5.11 Å². The van der Waals surface area contributed by atoms with Gasteiger partial charge in [-0.25, -0.2) is 0 Å². The van der Waals surface area contributed by atoms with Crippen molar-refractivity contribution in [1.29, 1.82) is 0 Å². The van der Waals surface area contributed by atoms with Crippen molar-refractivity contribution in [3.05, 3.63) is 22.7 Å². The first kappa shape index (κ1) is 12.3. The molecule has 0 radical (unpaired) electrons. The maximum Gasteiger partial charge on any atom is 0.0635 e. The first-order chi connectivity index (χ1) is 7.04. The molecule has 1 atom stereocenters. The maximum atomic E-state index is 9.20. The molecule has 4 N–H and O–H groups in total. The molecule has 84 valence electrons. The minimum absolute atomic E-state index is 0.0293. The van der Waals surface area contributed by atoms with Crippen LogP contribution in [-0.2, 0) is 0 Å². The summed E-state index contributed by atoms with van der Waals surface area (Å²) in [5, 5.41) is 12.4. The second kappa shape index (κ2) is 5.37. The fourth-order valence-electron chi connectivity index (χ4n) is 1.28. The van der Waals surface area contributed by atoms with Crippen molar-refractivity contribution in [2.24, 2.45) is 5.92 Å². The van der Waals surface area contributed by atoms with Crippen molar-refractivity contribution in [3.63, 3.8) is 0 Å². The number of aliphatic hydroxyl groups is 1. The summed E-state index contributed by atoms with van der Waals surface area (Å²) in [4.78, 5) is 0. The van der Waals surface area contributed by atoms with Crippen LogP contribution in [0, 0.1) is 5.92 Å². The largest absolute Gasteiger partial charge is 0.397 e. The van der Waals surface area contributed by atoms with Gasteiger partial charge in [-0.05, 0) is 24.1 Å².